The number of ether oxygens (including phenoxy) is 1. The summed E-state index contributed by atoms with van der Waals surface area (Å²) in [5.41, 5.74) is 3.42. The molecule has 3 saturated carbocycles. The molecule has 1 N–H and O–H groups in total. The first-order valence-corrected chi connectivity index (χ1v) is 21.4. The quantitative estimate of drug-likeness (QED) is 0.0989. The number of esters is 1. The minimum atomic E-state index is -0.979. The highest BCUT2D eigenvalue weighted by Gasteiger charge is 2.49. The number of aromatic nitrogens is 5. The number of aryl methyl sites for hydroxylation is 1. The Kier molecular flexibility index (Phi) is 10.1. The van der Waals surface area contributed by atoms with Gasteiger partial charge in [0.2, 0.25) is 0 Å². The highest BCUT2D eigenvalue weighted by Crippen LogP contribution is 2.48. The third-order valence-corrected chi connectivity index (χ3v) is 13.3. The van der Waals surface area contributed by atoms with Crippen LogP contribution in [-0.4, -0.2) is 36.5 Å². The molecule has 3 aliphatic rings. The fourth-order valence-electron chi connectivity index (χ4n) is 9.48. The molecule has 306 valence electrons. The van der Waals surface area contributed by atoms with Gasteiger partial charge in [-0.15, -0.1) is 11.3 Å². The van der Waals surface area contributed by atoms with Gasteiger partial charge in [0.1, 0.15) is 21.9 Å². The number of anilines is 1. The second kappa shape index (κ2) is 15.9. The van der Waals surface area contributed by atoms with Crippen LogP contribution in [-0.2, 0) is 21.7 Å². The van der Waals surface area contributed by atoms with E-state index in [0.29, 0.717) is 21.6 Å². The molecule has 61 heavy (non-hydrogen) atoms. The van der Waals surface area contributed by atoms with E-state index < -0.39 is 35.1 Å². The van der Waals surface area contributed by atoms with Crippen molar-refractivity contribution >= 4 is 45.9 Å². The summed E-state index contributed by atoms with van der Waals surface area (Å²) in [4.78, 5) is 45.9. The Hall–Kier alpha value is -6.44. The van der Waals surface area contributed by atoms with Gasteiger partial charge < -0.3 is 23.5 Å². The van der Waals surface area contributed by atoms with E-state index in [1.54, 1.807) is 6.92 Å². The third kappa shape index (κ3) is 6.81. The zero-order chi connectivity index (χ0) is 41.7. The molecule has 0 amide bonds. The van der Waals surface area contributed by atoms with Crippen LogP contribution in [0.25, 0.3) is 33.1 Å². The van der Waals surface area contributed by atoms with Crippen LogP contribution >= 0.6 is 22.9 Å². The average Bonchev–Trinajstić information content (AvgIpc) is 4.04. The van der Waals surface area contributed by atoms with Gasteiger partial charge >= 0.3 is 11.8 Å². The highest BCUT2D eigenvalue weighted by atomic mass is 35.5. The van der Waals surface area contributed by atoms with E-state index in [2.05, 4.69) is 46.3 Å². The second-order valence-corrected chi connectivity index (χ2v) is 16.9. The monoisotopic (exact) mass is 852 g/mol. The first-order chi connectivity index (χ1) is 29.8. The molecule has 2 bridgehead atoms. The lowest BCUT2D eigenvalue weighted by molar-refractivity contribution is -0.157. The maximum atomic E-state index is 17.1. The van der Waals surface area contributed by atoms with E-state index in [4.69, 9.17) is 45.1 Å². The summed E-state index contributed by atoms with van der Waals surface area (Å²) in [5, 5.41) is 5.46. The molecule has 3 fully saturated rings. The van der Waals surface area contributed by atoms with Crippen molar-refractivity contribution in [1.29, 1.82) is 0 Å². The van der Waals surface area contributed by atoms with Crippen molar-refractivity contribution in [2.45, 2.75) is 50.8 Å². The SMILES string of the molecule is Cc1oc(=O)oc1COC(=O)[C@@H]1C2CCC(CC2)[C@H]1Nc1nc(-c2cn(C(c3ccccc3)(c3ccccc3)c3ccccc3)c3ncc(Cl)nc23)nc(-c2cccs2)c1F. The Morgan fingerprint density at radius 1 is 0.885 bits per heavy atom. The maximum Gasteiger partial charge on any atom is 0.519 e. The van der Waals surface area contributed by atoms with E-state index in [9.17, 15) is 9.59 Å². The van der Waals surface area contributed by atoms with Crippen molar-refractivity contribution in [2.24, 2.45) is 17.8 Å². The molecule has 3 aromatic carbocycles. The van der Waals surface area contributed by atoms with Gasteiger partial charge in [-0.3, -0.25) is 4.79 Å². The molecule has 2 atom stereocenters. The lowest BCUT2D eigenvalue weighted by Crippen LogP contribution is -2.52. The van der Waals surface area contributed by atoms with Gasteiger partial charge in [0.25, 0.3) is 0 Å². The van der Waals surface area contributed by atoms with E-state index in [1.807, 2.05) is 78.3 Å². The Bertz CT molecular complexity index is 2820. The van der Waals surface area contributed by atoms with Crippen LogP contribution < -0.4 is 11.1 Å². The highest BCUT2D eigenvalue weighted by molar-refractivity contribution is 7.13. The molecule has 0 saturated heterocycles. The summed E-state index contributed by atoms with van der Waals surface area (Å²) >= 11 is 8.00. The molecule has 3 aliphatic carbocycles. The lowest BCUT2D eigenvalue weighted by Gasteiger charge is -2.47. The second-order valence-electron chi connectivity index (χ2n) is 15.5. The molecule has 11 nitrogen and oxygen atoms in total. The number of nitrogens with zero attached hydrogens (tertiary/aromatic N) is 5. The molecule has 8 aromatic rings. The van der Waals surface area contributed by atoms with Gasteiger partial charge in [-0.1, -0.05) is 109 Å². The predicted octanol–water partition coefficient (Wildman–Crippen LogP) is 10.1. The van der Waals surface area contributed by atoms with Crippen molar-refractivity contribution in [2.75, 3.05) is 5.32 Å². The largest absolute Gasteiger partial charge is 0.519 e. The van der Waals surface area contributed by atoms with Crippen molar-refractivity contribution in [3.63, 3.8) is 0 Å². The molecule has 5 heterocycles. The number of nitrogens with one attached hydrogen (secondary N) is 1. The normalized spacial score (nSPS) is 18.7. The van der Waals surface area contributed by atoms with E-state index in [0.717, 1.165) is 42.4 Å². The molecule has 0 spiro atoms. The van der Waals surface area contributed by atoms with Crippen LogP contribution in [0.1, 0.15) is 53.9 Å². The zero-order valence-electron chi connectivity index (χ0n) is 32.8. The summed E-state index contributed by atoms with van der Waals surface area (Å²) in [7, 11) is 0. The van der Waals surface area contributed by atoms with Crippen molar-refractivity contribution in [3.8, 4) is 22.0 Å². The number of benzene rings is 3. The Labute approximate surface area is 358 Å². The minimum absolute atomic E-state index is 0.00562. The minimum Gasteiger partial charge on any atom is -0.457 e. The van der Waals surface area contributed by atoms with Crippen molar-refractivity contribution in [3.05, 3.63) is 171 Å². The fraction of sp³-hybridized carbons (Fsp3) is 0.234. The molecule has 14 heteroatoms. The number of carbonyl (C=O) groups excluding carboxylic acids is 1. The summed E-state index contributed by atoms with van der Waals surface area (Å²) in [6.07, 6.45) is 6.85. The van der Waals surface area contributed by atoms with Crippen LogP contribution in [0.4, 0.5) is 10.2 Å². The number of rotatable bonds is 11. The smallest absolute Gasteiger partial charge is 0.457 e. The molecule has 0 aliphatic heterocycles. The Balaban J connectivity index is 1.15. The van der Waals surface area contributed by atoms with E-state index >= 15 is 4.39 Å². The predicted molar refractivity (Wildman–Crippen MR) is 230 cm³/mol. The molecular weight excluding hydrogens is 815 g/mol. The Morgan fingerprint density at radius 3 is 2.11 bits per heavy atom. The van der Waals surface area contributed by atoms with Crippen LogP contribution in [0.5, 0.6) is 0 Å². The number of hydrogen-bond acceptors (Lipinski definition) is 11. The zero-order valence-corrected chi connectivity index (χ0v) is 34.4. The lowest BCUT2D eigenvalue weighted by atomic mass is 9.61. The number of thiophene rings is 1. The topological polar surface area (TPSA) is 138 Å². The maximum absolute atomic E-state index is 17.1. The summed E-state index contributed by atoms with van der Waals surface area (Å²) in [6, 6.07) is 33.7. The van der Waals surface area contributed by atoms with Crippen LogP contribution in [0.15, 0.2) is 135 Å². The number of carbonyl (C=O) groups is 1. The van der Waals surface area contributed by atoms with Gasteiger partial charge in [-0.2, -0.15) is 0 Å². The number of halogens is 2. The molecule has 11 rings (SSSR count). The van der Waals surface area contributed by atoms with Gasteiger partial charge in [0.15, 0.2) is 41.2 Å². The van der Waals surface area contributed by atoms with Crippen LogP contribution in [0, 0.1) is 30.5 Å². The fourth-order valence-corrected chi connectivity index (χ4v) is 10.3. The van der Waals surface area contributed by atoms with Gasteiger partial charge in [0, 0.05) is 12.2 Å². The summed E-state index contributed by atoms with van der Waals surface area (Å²) in [5.74, 6) is -1.98. The average molecular weight is 853 g/mol. The van der Waals surface area contributed by atoms with Crippen LogP contribution in [0.2, 0.25) is 5.15 Å². The molecule has 0 unspecified atom stereocenters. The first kappa shape index (κ1) is 38.7. The van der Waals surface area contributed by atoms with Crippen molar-refractivity contribution < 1.29 is 22.8 Å². The van der Waals surface area contributed by atoms with Crippen molar-refractivity contribution in [1.82, 2.24) is 24.5 Å². The van der Waals surface area contributed by atoms with Gasteiger partial charge in [0.05, 0.1) is 22.6 Å². The number of hydrogen-bond donors (Lipinski definition) is 1. The summed E-state index contributed by atoms with van der Waals surface area (Å²) < 4.78 is 35.0. The number of fused-ring (bicyclic) bond motifs is 4. The van der Waals surface area contributed by atoms with Gasteiger partial charge in [-0.05, 0) is 72.6 Å². The van der Waals surface area contributed by atoms with Crippen LogP contribution in [0.3, 0.4) is 0 Å². The van der Waals surface area contributed by atoms with E-state index in [1.165, 1.54) is 17.5 Å². The molecular formula is C47H38ClFN6O5S. The standard InChI is InChI=1S/C47H38ClFN6O5S/c1-27-34(60-46(57)59-27)26-58-45(56)37-28-19-21-29(22-20-28)39(37)52-43-38(49)41(35-18-11-23-61-35)53-42(54-43)33-25-55(44-40(33)51-36(48)24-50-44)47(30-12-5-2-6-13-30,31-14-7-3-8-15-31)32-16-9-4-10-17-32/h2-18,23-25,28-29,37,39H,19-22,26H2,1H3,(H,52,53,54)/t28?,29?,37-,39-/m1/s1. The Morgan fingerprint density at radius 2 is 1.52 bits per heavy atom. The summed E-state index contributed by atoms with van der Waals surface area (Å²) in [6.45, 7) is 1.32. The molecule has 0 radical (unpaired) electrons. The molecule has 5 aromatic heterocycles. The third-order valence-electron chi connectivity index (χ3n) is 12.2. The first-order valence-electron chi connectivity index (χ1n) is 20.1. The van der Waals surface area contributed by atoms with Gasteiger partial charge in [-0.25, -0.2) is 29.1 Å². The van der Waals surface area contributed by atoms with E-state index in [-0.39, 0.29) is 52.5 Å².